The first-order chi connectivity index (χ1) is 8.29. The zero-order valence-electron chi connectivity index (χ0n) is 9.82. The van der Waals surface area contributed by atoms with Gasteiger partial charge in [-0.05, 0) is 42.5 Å². The molecule has 3 rings (SSSR count). The van der Waals surface area contributed by atoms with Gasteiger partial charge in [0.25, 0.3) is 0 Å². The molecule has 0 aliphatic heterocycles. The van der Waals surface area contributed by atoms with Crippen molar-refractivity contribution in [1.29, 1.82) is 0 Å². The molecule has 0 amide bonds. The first-order valence-electron chi connectivity index (χ1n) is 5.84. The highest BCUT2D eigenvalue weighted by atomic mass is 32.1. The number of aryl methyl sites for hydroxylation is 1. The number of ether oxygens (including phenoxy) is 1. The summed E-state index contributed by atoms with van der Waals surface area (Å²) in [5.41, 5.74) is 10.0. The van der Waals surface area contributed by atoms with E-state index in [2.05, 4.69) is 12.1 Å². The summed E-state index contributed by atoms with van der Waals surface area (Å²) in [6.07, 6.45) is 3.61. The van der Waals surface area contributed by atoms with Crippen LogP contribution < -0.4 is 10.5 Å². The van der Waals surface area contributed by atoms with E-state index >= 15 is 0 Å². The fourth-order valence-corrected chi connectivity index (χ4v) is 3.70. The maximum atomic E-state index is 6.15. The molecule has 0 radical (unpaired) electrons. The summed E-state index contributed by atoms with van der Waals surface area (Å²) in [5, 5.41) is 0.947. The van der Waals surface area contributed by atoms with E-state index in [1.165, 1.54) is 34.4 Å². The smallest absolute Gasteiger partial charge is 0.119 e. The van der Waals surface area contributed by atoms with Crippen molar-refractivity contribution < 1.29 is 4.74 Å². The van der Waals surface area contributed by atoms with E-state index in [0.717, 1.165) is 17.2 Å². The predicted molar refractivity (Wildman–Crippen MR) is 72.7 cm³/mol. The zero-order chi connectivity index (χ0) is 11.8. The van der Waals surface area contributed by atoms with Gasteiger partial charge in [-0.15, -0.1) is 11.3 Å². The van der Waals surface area contributed by atoms with Gasteiger partial charge >= 0.3 is 0 Å². The SMILES string of the molecule is COc1cccc(-c2c(N)sc3c2CCC3)c1. The topological polar surface area (TPSA) is 35.2 Å². The van der Waals surface area contributed by atoms with Crippen LogP contribution in [-0.4, -0.2) is 7.11 Å². The first-order valence-corrected chi connectivity index (χ1v) is 6.65. The van der Waals surface area contributed by atoms with Crippen molar-refractivity contribution in [1.82, 2.24) is 0 Å². The lowest BCUT2D eigenvalue weighted by Crippen LogP contribution is -1.89. The number of rotatable bonds is 2. The normalized spacial score (nSPS) is 13.7. The Labute approximate surface area is 105 Å². The van der Waals surface area contributed by atoms with Crippen molar-refractivity contribution in [3.63, 3.8) is 0 Å². The third-order valence-electron chi connectivity index (χ3n) is 3.31. The number of fused-ring (bicyclic) bond motifs is 1. The summed E-state index contributed by atoms with van der Waals surface area (Å²) in [4.78, 5) is 1.47. The highest BCUT2D eigenvalue weighted by Crippen LogP contribution is 2.43. The molecule has 0 saturated heterocycles. The summed E-state index contributed by atoms with van der Waals surface area (Å²) in [6, 6.07) is 8.16. The van der Waals surface area contributed by atoms with E-state index in [9.17, 15) is 0 Å². The molecule has 17 heavy (non-hydrogen) atoms. The van der Waals surface area contributed by atoms with Crippen molar-refractivity contribution in [3.8, 4) is 16.9 Å². The largest absolute Gasteiger partial charge is 0.497 e. The minimum atomic E-state index is 0.889. The predicted octanol–water partition coefficient (Wildman–Crippen LogP) is 3.49. The number of nitrogen functional groups attached to an aromatic ring is 1. The lowest BCUT2D eigenvalue weighted by atomic mass is 10.0. The van der Waals surface area contributed by atoms with E-state index in [4.69, 9.17) is 10.5 Å². The highest BCUT2D eigenvalue weighted by Gasteiger charge is 2.21. The molecule has 2 aromatic rings. The number of hydrogen-bond donors (Lipinski definition) is 1. The molecule has 1 heterocycles. The van der Waals surface area contributed by atoms with Crippen LogP contribution in [0.4, 0.5) is 5.00 Å². The van der Waals surface area contributed by atoms with E-state index in [-0.39, 0.29) is 0 Å². The van der Waals surface area contributed by atoms with Gasteiger partial charge in [-0.1, -0.05) is 12.1 Å². The molecular formula is C14H15NOS. The molecule has 1 aromatic carbocycles. The van der Waals surface area contributed by atoms with Crippen LogP contribution in [0.15, 0.2) is 24.3 Å². The monoisotopic (exact) mass is 245 g/mol. The van der Waals surface area contributed by atoms with Gasteiger partial charge in [0.2, 0.25) is 0 Å². The summed E-state index contributed by atoms with van der Waals surface area (Å²) in [6.45, 7) is 0. The van der Waals surface area contributed by atoms with Crippen LogP contribution in [0.25, 0.3) is 11.1 Å². The second-order valence-electron chi connectivity index (χ2n) is 4.33. The zero-order valence-corrected chi connectivity index (χ0v) is 10.6. The van der Waals surface area contributed by atoms with Gasteiger partial charge in [0, 0.05) is 10.4 Å². The summed E-state index contributed by atoms with van der Waals surface area (Å²) < 4.78 is 5.27. The molecular weight excluding hydrogens is 230 g/mol. The molecule has 2 nitrogen and oxygen atoms in total. The van der Waals surface area contributed by atoms with Gasteiger partial charge in [-0.2, -0.15) is 0 Å². The molecule has 3 heteroatoms. The van der Waals surface area contributed by atoms with Gasteiger partial charge in [0.1, 0.15) is 5.75 Å². The molecule has 2 N–H and O–H groups in total. The summed E-state index contributed by atoms with van der Waals surface area (Å²) >= 11 is 1.75. The number of hydrogen-bond acceptors (Lipinski definition) is 3. The Kier molecular flexibility index (Phi) is 2.56. The Bertz CT molecular complexity index is 559. The van der Waals surface area contributed by atoms with Gasteiger partial charge in [0.05, 0.1) is 12.1 Å². The van der Waals surface area contributed by atoms with E-state index < -0.39 is 0 Å². The summed E-state index contributed by atoms with van der Waals surface area (Å²) in [5.74, 6) is 0.889. The van der Waals surface area contributed by atoms with Crippen LogP contribution in [0.1, 0.15) is 16.9 Å². The van der Waals surface area contributed by atoms with Crippen molar-refractivity contribution in [3.05, 3.63) is 34.7 Å². The molecule has 1 aliphatic rings. The second-order valence-corrected chi connectivity index (χ2v) is 5.47. The number of nitrogens with two attached hydrogens (primary N) is 1. The molecule has 0 saturated carbocycles. The molecule has 88 valence electrons. The van der Waals surface area contributed by atoms with Crippen LogP contribution in [-0.2, 0) is 12.8 Å². The van der Waals surface area contributed by atoms with Crippen molar-refractivity contribution >= 4 is 16.3 Å². The quantitative estimate of drug-likeness (QED) is 0.879. The van der Waals surface area contributed by atoms with Gasteiger partial charge in [-0.3, -0.25) is 0 Å². The number of anilines is 1. The summed E-state index contributed by atoms with van der Waals surface area (Å²) in [7, 11) is 1.69. The molecule has 0 unspecified atom stereocenters. The maximum absolute atomic E-state index is 6.15. The minimum Gasteiger partial charge on any atom is -0.497 e. The molecule has 1 aliphatic carbocycles. The minimum absolute atomic E-state index is 0.889. The van der Waals surface area contributed by atoms with Gasteiger partial charge in [0.15, 0.2) is 0 Å². The third kappa shape index (κ3) is 1.71. The first kappa shape index (κ1) is 10.7. The Morgan fingerprint density at radius 2 is 2.18 bits per heavy atom. The maximum Gasteiger partial charge on any atom is 0.119 e. The average Bonchev–Trinajstić information content (AvgIpc) is 2.88. The number of benzene rings is 1. The number of methoxy groups -OCH3 is 1. The molecule has 0 spiro atoms. The fourth-order valence-electron chi connectivity index (χ4n) is 2.52. The molecule has 1 aromatic heterocycles. The Morgan fingerprint density at radius 1 is 1.29 bits per heavy atom. The standard InChI is InChI=1S/C14H15NOS/c1-16-10-5-2-4-9(8-10)13-11-6-3-7-12(11)17-14(13)15/h2,4-5,8H,3,6-7,15H2,1H3. The van der Waals surface area contributed by atoms with Crippen LogP contribution in [0.3, 0.4) is 0 Å². The van der Waals surface area contributed by atoms with E-state index in [0.29, 0.717) is 0 Å². The Hall–Kier alpha value is -1.48. The average molecular weight is 245 g/mol. The highest BCUT2D eigenvalue weighted by molar-refractivity contribution is 7.16. The van der Waals surface area contributed by atoms with Gasteiger partial charge < -0.3 is 10.5 Å². The van der Waals surface area contributed by atoms with Crippen molar-refractivity contribution in [2.45, 2.75) is 19.3 Å². The Morgan fingerprint density at radius 3 is 3.00 bits per heavy atom. The number of thiophene rings is 1. The second kappa shape index (κ2) is 4.08. The van der Waals surface area contributed by atoms with Crippen LogP contribution in [0, 0.1) is 0 Å². The lowest BCUT2D eigenvalue weighted by Gasteiger charge is -2.06. The van der Waals surface area contributed by atoms with Crippen molar-refractivity contribution in [2.75, 3.05) is 12.8 Å². The Balaban J connectivity index is 2.14. The van der Waals surface area contributed by atoms with Crippen LogP contribution >= 0.6 is 11.3 Å². The van der Waals surface area contributed by atoms with Gasteiger partial charge in [-0.25, -0.2) is 0 Å². The van der Waals surface area contributed by atoms with E-state index in [1.807, 2.05) is 12.1 Å². The van der Waals surface area contributed by atoms with E-state index in [1.54, 1.807) is 18.4 Å². The fraction of sp³-hybridized carbons (Fsp3) is 0.286. The third-order valence-corrected chi connectivity index (χ3v) is 4.43. The van der Waals surface area contributed by atoms with Crippen LogP contribution in [0.5, 0.6) is 5.75 Å². The van der Waals surface area contributed by atoms with Crippen molar-refractivity contribution in [2.24, 2.45) is 0 Å². The lowest BCUT2D eigenvalue weighted by molar-refractivity contribution is 0.415. The van der Waals surface area contributed by atoms with Crippen LogP contribution in [0.2, 0.25) is 0 Å². The molecule has 0 atom stereocenters. The molecule has 0 fully saturated rings. The molecule has 0 bridgehead atoms.